The summed E-state index contributed by atoms with van der Waals surface area (Å²) in [6.45, 7) is 1.55. The van der Waals surface area contributed by atoms with Gasteiger partial charge in [-0.15, -0.1) is 11.6 Å². The van der Waals surface area contributed by atoms with Crippen molar-refractivity contribution < 1.29 is 15.0 Å². The Morgan fingerprint density at radius 3 is 2.69 bits per heavy atom. The standard InChI is InChI=1S/C8H10ClNO3/c1-8(9)3-4(7(12)13)2-5(11)6(8)10/h2-3,6,11H,10H2,1H3,(H,12,13). The average Bonchev–Trinajstić information content (AvgIpc) is 1.99. The number of hydrogen-bond donors (Lipinski definition) is 3. The molecule has 0 spiro atoms. The van der Waals surface area contributed by atoms with Crippen LogP contribution < -0.4 is 5.73 Å². The lowest BCUT2D eigenvalue weighted by molar-refractivity contribution is -0.132. The molecule has 0 bridgehead atoms. The first kappa shape index (κ1) is 10.1. The van der Waals surface area contributed by atoms with Crippen molar-refractivity contribution >= 4 is 17.6 Å². The number of carbonyl (C=O) groups is 1. The van der Waals surface area contributed by atoms with Crippen molar-refractivity contribution in [3.05, 3.63) is 23.5 Å². The Morgan fingerprint density at radius 2 is 2.31 bits per heavy atom. The number of alkyl halides is 1. The lowest BCUT2D eigenvalue weighted by Gasteiger charge is -2.28. The van der Waals surface area contributed by atoms with Gasteiger partial charge in [-0.3, -0.25) is 0 Å². The fourth-order valence-corrected chi connectivity index (χ4v) is 1.33. The Labute approximate surface area is 80.3 Å². The number of aliphatic hydroxyl groups excluding tert-OH is 1. The van der Waals surface area contributed by atoms with Crippen LogP contribution >= 0.6 is 11.6 Å². The summed E-state index contributed by atoms with van der Waals surface area (Å²) in [5.74, 6) is -1.34. The van der Waals surface area contributed by atoms with Crippen LogP contribution in [0.5, 0.6) is 0 Å². The van der Waals surface area contributed by atoms with Gasteiger partial charge in [-0.25, -0.2) is 4.79 Å². The van der Waals surface area contributed by atoms with E-state index in [1.165, 1.54) is 6.08 Å². The third-order valence-corrected chi connectivity index (χ3v) is 2.26. The summed E-state index contributed by atoms with van der Waals surface area (Å²) in [4.78, 5) is 9.52. The van der Waals surface area contributed by atoms with Gasteiger partial charge in [0.15, 0.2) is 0 Å². The van der Waals surface area contributed by atoms with E-state index < -0.39 is 16.9 Å². The summed E-state index contributed by atoms with van der Waals surface area (Å²) in [5, 5.41) is 17.9. The molecule has 4 N–H and O–H groups in total. The van der Waals surface area contributed by atoms with Gasteiger partial charge >= 0.3 is 5.97 Å². The molecule has 0 amide bonds. The maximum Gasteiger partial charge on any atom is 0.335 e. The molecule has 0 aromatic heterocycles. The maximum atomic E-state index is 10.6. The summed E-state index contributed by atoms with van der Waals surface area (Å²) in [6.07, 6.45) is 2.43. The molecule has 2 atom stereocenters. The number of nitrogens with two attached hydrogens (primary N) is 1. The lowest BCUT2D eigenvalue weighted by Crippen LogP contribution is -2.43. The van der Waals surface area contributed by atoms with Crippen LogP contribution in [0.1, 0.15) is 6.92 Å². The molecular weight excluding hydrogens is 194 g/mol. The zero-order valence-electron chi connectivity index (χ0n) is 6.99. The van der Waals surface area contributed by atoms with E-state index in [2.05, 4.69) is 0 Å². The molecule has 0 saturated carbocycles. The average molecular weight is 204 g/mol. The highest BCUT2D eigenvalue weighted by Gasteiger charge is 2.34. The van der Waals surface area contributed by atoms with Crippen LogP contribution in [0.15, 0.2) is 23.5 Å². The maximum absolute atomic E-state index is 10.6. The molecule has 1 aliphatic rings. The topological polar surface area (TPSA) is 83.5 Å². The molecular formula is C8H10ClNO3. The Bertz CT molecular complexity index is 307. The predicted octanol–water partition coefficient (Wildman–Crippen LogP) is 0.778. The van der Waals surface area contributed by atoms with Crippen LogP contribution in [0, 0.1) is 0 Å². The van der Waals surface area contributed by atoms with Gasteiger partial charge in [-0.2, -0.15) is 0 Å². The van der Waals surface area contributed by atoms with E-state index in [0.29, 0.717) is 0 Å². The highest BCUT2D eigenvalue weighted by atomic mass is 35.5. The molecule has 0 aromatic carbocycles. The zero-order valence-corrected chi connectivity index (χ0v) is 7.75. The first-order valence-corrected chi connectivity index (χ1v) is 4.03. The smallest absolute Gasteiger partial charge is 0.335 e. The Balaban J connectivity index is 3.11. The second kappa shape index (κ2) is 3.05. The molecule has 0 saturated heterocycles. The van der Waals surface area contributed by atoms with Crippen molar-refractivity contribution in [3.8, 4) is 0 Å². The Hall–Kier alpha value is -1.00. The van der Waals surface area contributed by atoms with Crippen LogP contribution in [0.2, 0.25) is 0 Å². The van der Waals surface area contributed by atoms with Gasteiger partial charge in [0.25, 0.3) is 0 Å². The fourth-order valence-electron chi connectivity index (χ4n) is 1.10. The van der Waals surface area contributed by atoms with E-state index in [4.69, 9.17) is 22.4 Å². The van der Waals surface area contributed by atoms with E-state index in [9.17, 15) is 9.90 Å². The molecule has 0 aliphatic heterocycles. The Kier molecular flexibility index (Phi) is 2.36. The summed E-state index contributed by atoms with van der Waals surface area (Å²) >= 11 is 5.89. The number of rotatable bonds is 1. The van der Waals surface area contributed by atoms with E-state index >= 15 is 0 Å². The molecule has 1 aliphatic carbocycles. The number of carboxylic acid groups (broad SMARTS) is 1. The number of hydrogen-bond acceptors (Lipinski definition) is 3. The van der Waals surface area contributed by atoms with Gasteiger partial charge in [-0.05, 0) is 19.1 Å². The normalized spacial score (nSPS) is 33.6. The first-order chi connectivity index (χ1) is 5.84. The van der Waals surface area contributed by atoms with Gasteiger partial charge in [0.1, 0.15) is 5.76 Å². The molecule has 72 valence electrons. The quantitative estimate of drug-likeness (QED) is 0.550. The van der Waals surface area contributed by atoms with Gasteiger partial charge in [-0.1, -0.05) is 0 Å². The first-order valence-electron chi connectivity index (χ1n) is 3.66. The Morgan fingerprint density at radius 1 is 1.77 bits per heavy atom. The minimum atomic E-state index is -1.13. The number of carboxylic acids is 1. The highest BCUT2D eigenvalue weighted by molar-refractivity contribution is 6.26. The monoisotopic (exact) mass is 203 g/mol. The van der Waals surface area contributed by atoms with Crippen LogP contribution in [-0.2, 0) is 4.79 Å². The number of aliphatic hydroxyl groups is 1. The van der Waals surface area contributed by atoms with Crippen LogP contribution in [0.25, 0.3) is 0 Å². The molecule has 0 heterocycles. The van der Waals surface area contributed by atoms with E-state index in [-0.39, 0.29) is 11.3 Å². The van der Waals surface area contributed by atoms with Crippen LogP contribution in [-0.4, -0.2) is 27.1 Å². The molecule has 2 unspecified atom stereocenters. The molecule has 0 aromatic rings. The van der Waals surface area contributed by atoms with Crippen molar-refractivity contribution in [3.63, 3.8) is 0 Å². The number of aliphatic carboxylic acids is 1. The van der Waals surface area contributed by atoms with Crippen molar-refractivity contribution in [2.45, 2.75) is 17.8 Å². The van der Waals surface area contributed by atoms with E-state index in [1.807, 2.05) is 0 Å². The third-order valence-electron chi connectivity index (χ3n) is 1.91. The largest absolute Gasteiger partial charge is 0.511 e. The summed E-state index contributed by atoms with van der Waals surface area (Å²) in [5.41, 5.74) is 5.49. The molecule has 0 fully saturated rings. The minimum Gasteiger partial charge on any atom is -0.511 e. The number of halogens is 1. The summed E-state index contributed by atoms with van der Waals surface area (Å²) in [7, 11) is 0. The van der Waals surface area contributed by atoms with Gasteiger partial charge in [0.2, 0.25) is 0 Å². The third kappa shape index (κ3) is 1.84. The van der Waals surface area contributed by atoms with Crippen molar-refractivity contribution in [2.75, 3.05) is 0 Å². The van der Waals surface area contributed by atoms with Crippen molar-refractivity contribution in [1.82, 2.24) is 0 Å². The molecule has 13 heavy (non-hydrogen) atoms. The minimum absolute atomic E-state index is 0.0447. The SMILES string of the molecule is CC1(Cl)C=C(C(=O)O)C=C(O)C1N. The van der Waals surface area contributed by atoms with Gasteiger partial charge in [0.05, 0.1) is 16.5 Å². The summed E-state index contributed by atoms with van der Waals surface area (Å²) < 4.78 is 0. The second-order valence-corrected chi connectivity index (χ2v) is 3.92. The molecule has 0 radical (unpaired) electrons. The van der Waals surface area contributed by atoms with Gasteiger partial charge in [0, 0.05) is 0 Å². The van der Waals surface area contributed by atoms with Crippen molar-refractivity contribution in [1.29, 1.82) is 0 Å². The van der Waals surface area contributed by atoms with Crippen LogP contribution in [0.3, 0.4) is 0 Å². The van der Waals surface area contributed by atoms with E-state index in [1.54, 1.807) is 6.92 Å². The molecule has 5 heteroatoms. The summed E-state index contributed by atoms with van der Waals surface area (Å²) in [6, 6.07) is -0.766. The second-order valence-electron chi connectivity index (χ2n) is 3.10. The zero-order chi connectivity index (χ0) is 10.2. The fraction of sp³-hybridized carbons (Fsp3) is 0.375. The van der Waals surface area contributed by atoms with Crippen LogP contribution in [0.4, 0.5) is 0 Å². The van der Waals surface area contributed by atoms with Gasteiger partial charge < -0.3 is 15.9 Å². The molecule has 1 rings (SSSR count). The van der Waals surface area contributed by atoms with Crippen molar-refractivity contribution in [2.24, 2.45) is 5.73 Å². The predicted molar refractivity (Wildman–Crippen MR) is 48.7 cm³/mol. The highest BCUT2D eigenvalue weighted by Crippen LogP contribution is 2.29. The molecule has 4 nitrogen and oxygen atoms in total. The van der Waals surface area contributed by atoms with E-state index in [0.717, 1.165) is 6.08 Å². The lowest BCUT2D eigenvalue weighted by atomic mass is 9.91.